The van der Waals surface area contributed by atoms with E-state index in [1.807, 2.05) is 36.4 Å². The van der Waals surface area contributed by atoms with Gasteiger partial charge in [-0.3, -0.25) is 0 Å². The minimum atomic E-state index is -0.879. The van der Waals surface area contributed by atoms with Gasteiger partial charge in [0.2, 0.25) is 0 Å². The first kappa shape index (κ1) is 17.5. The monoisotopic (exact) mass is 357 g/mol. The number of hydrogen-bond acceptors (Lipinski definition) is 2. The summed E-state index contributed by atoms with van der Waals surface area (Å²) in [6, 6.07) is 26.4. The molecule has 1 fully saturated rings. The maximum Gasteiger partial charge on any atom is 0.335 e. The molecule has 0 radical (unpaired) electrons. The molecule has 2 atom stereocenters. The predicted molar refractivity (Wildman–Crippen MR) is 108 cm³/mol. The van der Waals surface area contributed by atoms with Crippen LogP contribution in [0.25, 0.3) is 11.1 Å². The first-order valence-electron chi connectivity index (χ1n) is 9.42. The Kier molecular flexibility index (Phi) is 5.03. The zero-order valence-corrected chi connectivity index (χ0v) is 15.1. The molecule has 1 aliphatic heterocycles. The Balaban J connectivity index is 1.84. The van der Waals surface area contributed by atoms with E-state index in [4.69, 9.17) is 0 Å². The van der Waals surface area contributed by atoms with Crippen LogP contribution in [0.3, 0.4) is 0 Å². The average molecular weight is 357 g/mol. The lowest BCUT2D eigenvalue weighted by atomic mass is 9.75. The second-order valence-corrected chi connectivity index (χ2v) is 7.09. The third-order valence-corrected chi connectivity index (χ3v) is 5.49. The zero-order valence-electron chi connectivity index (χ0n) is 15.1. The van der Waals surface area contributed by atoms with Crippen molar-refractivity contribution in [3.8, 4) is 11.1 Å². The fourth-order valence-corrected chi connectivity index (χ4v) is 4.17. The number of nitrogens with one attached hydrogen (secondary N) is 1. The van der Waals surface area contributed by atoms with E-state index in [1.54, 1.807) is 6.07 Å². The normalized spacial score (nSPS) is 19.6. The van der Waals surface area contributed by atoms with Gasteiger partial charge in [0, 0.05) is 12.5 Å². The van der Waals surface area contributed by atoms with Crippen LogP contribution < -0.4 is 5.32 Å². The lowest BCUT2D eigenvalue weighted by Gasteiger charge is -2.34. The Labute approximate surface area is 159 Å². The number of aromatic carboxylic acids is 1. The standard InChI is InChI=1S/C24H23NO2/c26-24(27)19-11-12-20(17-7-3-1-4-8-17)22(15-19)23-16-25-14-13-21(23)18-9-5-2-6-10-18/h1-12,15,21,23,25H,13-14,16H2,(H,26,27)/t21-,23+/m0/s1. The van der Waals surface area contributed by atoms with Gasteiger partial charge in [-0.25, -0.2) is 4.79 Å². The van der Waals surface area contributed by atoms with Crippen LogP contribution in [0.5, 0.6) is 0 Å². The molecular weight excluding hydrogens is 334 g/mol. The van der Waals surface area contributed by atoms with Crippen molar-refractivity contribution < 1.29 is 9.90 Å². The van der Waals surface area contributed by atoms with E-state index in [0.717, 1.165) is 36.2 Å². The van der Waals surface area contributed by atoms with Crippen molar-refractivity contribution in [2.45, 2.75) is 18.3 Å². The second-order valence-electron chi connectivity index (χ2n) is 7.09. The van der Waals surface area contributed by atoms with Gasteiger partial charge in [-0.2, -0.15) is 0 Å². The van der Waals surface area contributed by atoms with Gasteiger partial charge in [-0.1, -0.05) is 66.7 Å². The molecule has 136 valence electrons. The maximum atomic E-state index is 11.6. The smallest absolute Gasteiger partial charge is 0.335 e. The Bertz CT molecular complexity index is 922. The van der Waals surface area contributed by atoms with Crippen LogP contribution in [0.15, 0.2) is 78.9 Å². The van der Waals surface area contributed by atoms with E-state index in [9.17, 15) is 9.90 Å². The molecule has 0 bridgehead atoms. The molecule has 3 aromatic carbocycles. The molecule has 3 nitrogen and oxygen atoms in total. The van der Waals surface area contributed by atoms with Crippen molar-refractivity contribution >= 4 is 5.97 Å². The first-order chi connectivity index (χ1) is 13.2. The van der Waals surface area contributed by atoms with E-state index in [1.165, 1.54) is 5.56 Å². The first-order valence-corrected chi connectivity index (χ1v) is 9.42. The molecule has 4 rings (SSSR count). The fraction of sp³-hybridized carbons (Fsp3) is 0.208. The SMILES string of the molecule is O=C(O)c1ccc(-c2ccccc2)c([C@@H]2CNCC[C@H]2c2ccccc2)c1. The number of carbonyl (C=O) groups is 1. The second kappa shape index (κ2) is 7.77. The van der Waals surface area contributed by atoms with E-state index in [-0.39, 0.29) is 5.92 Å². The van der Waals surface area contributed by atoms with Crippen molar-refractivity contribution in [2.75, 3.05) is 13.1 Å². The minimum Gasteiger partial charge on any atom is -0.478 e. The van der Waals surface area contributed by atoms with Crippen molar-refractivity contribution in [3.63, 3.8) is 0 Å². The maximum absolute atomic E-state index is 11.6. The molecule has 0 amide bonds. The molecule has 1 heterocycles. The Morgan fingerprint density at radius 1 is 0.889 bits per heavy atom. The van der Waals surface area contributed by atoms with Crippen LogP contribution in [0.4, 0.5) is 0 Å². The summed E-state index contributed by atoms with van der Waals surface area (Å²) >= 11 is 0. The number of rotatable bonds is 4. The summed E-state index contributed by atoms with van der Waals surface area (Å²) in [5.41, 5.74) is 5.03. The van der Waals surface area contributed by atoms with E-state index < -0.39 is 5.97 Å². The lowest BCUT2D eigenvalue weighted by molar-refractivity contribution is 0.0696. The molecular formula is C24H23NO2. The number of piperidine rings is 1. The number of carboxylic acids is 1. The van der Waals surface area contributed by atoms with Crippen molar-refractivity contribution in [2.24, 2.45) is 0 Å². The van der Waals surface area contributed by atoms with Gasteiger partial charge in [-0.15, -0.1) is 0 Å². The fourth-order valence-electron chi connectivity index (χ4n) is 4.17. The lowest BCUT2D eigenvalue weighted by Crippen LogP contribution is -2.34. The van der Waals surface area contributed by atoms with Crippen LogP contribution in [-0.2, 0) is 0 Å². The van der Waals surface area contributed by atoms with Gasteiger partial charge in [0.25, 0.3) is 0 Å². The van der Waals surface area contributed by atoms with Gasteiger partial charge >= 0.3 is 5.97 Å². The van der Waals surface area contributed by atoms with Gasteiger partial charge in [0.15, 0.2) is 0 Å². The summed E-state index contributed by atoms with van der Waals surface area (Å²) in [6.45, 7) is 1.83. The summed E-state index contributed by atoms with van der Waals surface area (Å²) in [7, 11) is 0. The minimum absolute atomic E-state index is 0.232. The van der Waals surface area contributed by atoms with Crippen LogP contribution >= 0.6 is 0 Å². The van der Waals surface area contributed by atoms with Gasteiger partial charge in [0.1, 0.15) is 0 Å². The van der Waals surface area contributed by atoms with Crippen molar-refractivity contribution in [1.29, 1.82) is 0 Å². The molecule has 0 spiro atoms. The molecule has 1 aliphatic rings. The molecule has 1 saturated heterocycles. The van der Waals surface area contributed by atoms with Gasteiger partial charge in [0.05, 0.1) is 5.56 Å². The van der Waals surface area contributed by atoms with E-state index in [0.29, 0.717) is 11.5 Å². The molecule has 0 aromatic heterocycles. The quantitative estimate of drug-likeness (QED) is 0.697. The molecule has 0 aliphatic carbocycles. The molecule has 3 aromatic rings. The third-order valence-electron chi connectivity index (χ3n) is 5.49. The third kappa shape index (κ3) is 3.64. The zero-order chi connectivity index (χ0) is 18.6. The van der Waals surface area contributed by atoms with Gasteiger partial charge in [-0.05, 0) is 53.3 Å². The molecule has 0 unspecified atom stereocenters. The number of carboxylic acid groups (broad SMARTS) is 1. The van der Waals surface area contributed by atoms with E-state index >= 15 is 0 Å². The Morgan fingerprint density at radius 2 is 1.59 bits per heavy atom. The number of hydrogen-bond donors (Lipinski definition) is 2. The summed E-state index contributed by atoms with van der Waals surface area (Å²) in [6.07, 6.45) is 1.04. The van der Waals surface area contributed by atoms with Crippen molar-refractivity contribution in [3.05, 3.63) is 95.6 Å². The van der Waals surface area contributed by atoms with Gasteiger partial charge < -0.3 is 10.4 Å². The average Bonchev–Trinajstić information content (AvgIpc) is 2.74. The van der Waals surface area contributed by atoms with Crippen LogP contribution in [0.1, 0.15) is 39.7 Å². The Morgan fingerprint density at radius 3 is 2.30 bits per heavy atom. The topological polar surface area (TPSA) is 49.3 Å². The molecule has 3 heteroatoms. The van der Waals surface area contributed by atoms with Crippen molar-refractivity contribution in [1.82, 2.24) is 5.32 Å². The molecule has 27 heavy (non-hydrogen) atoms. The highest BCUT2D eigenvalue weighted by atomic mass is 16.4. The highest BCUT2D eigenvalue weighted by Gasteiger charge is 2.30. The van der Waals surface area contributed by atoms with Crippen LogP contribution in [-0.4, -0.2) is 24.2 Å². The highest BCUT2D eigenvalue weighted by Crippen LogP contribution is 2.41. The molecule has 0 saturated carbocycles. The predicted octanol–water partition coefficient (Wildman–Crippen LogP) is 4.91. The summed E-state index contributed by atoms with van der Waals surface area (Å²) in [4.78, 5) is 11.6. The number of benzene rings is 3. The summed E-state index contributed by atoms with van der Waals surface area (Å²) in [5, 5.41) is 13.0. The Hall–Kier alpha value is -2.91. The summed E-state index contributed by atoms with van der Waals surface area (Å²) < 4.78 is 0. The van der Waals surface area contributed by atoms with E-state index in [2.05, 4.69) is 41.7 Å². The summed E-state index contributed by atoms with van der Waals surface area (Å²) in [5.74, 6) is -0.273. The molecule has 2 N–H and O–H groups in total. The van der Waals surface area contributed by atoms with Crippen LogP contribution in [0, 0.1) is 0 Å². The highest BCUT2D eigenvalue weighted by molar-refractivity contribution is 5.89. The largest absolute Gasteiger partial charge is 0.478 e. The van der Waals surface area contributed by atoms with Crippen LogP contribution in [0.2, 0.25) is 0 Å².